The predicted octanol–water partition coefficient (Wildman–Crippen LogP) is -2.97. The maximum Gasteiger partial charge on any atom is 0.245 e. The lowest BCUT2D eigenvalue weighted by Gasteiger charge is -2.30. The Bertz CT molecular complexity index is 1790. The zero-order valence-electron chi connectivity index (χ0n) is 42.6. The highest BCUT2D eigenvalue weighted by Gasteiger charge is 2.39. The predicted molar refractivity (Wildman–Crippen MR) is 268 cm³/mol. The summed E-state index contributed by atoms with van der Waals surface area (Å²) in [7, 11) is 0. The van der Waals surface area contributed by atoms with Crippen LogP contribution in [0.1, 0.15) is 119 Å². The number of likely N-dealkylation sites (tertiary alicyclic amines) is 1. The lowest BCUT2D eigenvalue weighted by molar-refractivity contribution is -0.142. The summed E-state index contributed by atoms with van der Waals surface area (Å²) in [5, 5.41) is 20.9. The number of nitrogens with zero attached hydrogens (tertiary/aromatic N) is 1. The van der Waals surface area contributed by atoms with E-state index in [-0.39, 0.29) is 51.0 Å². The number of primary amides is 1. The van der Waals surface area contributed by atoms with Crippen molar-refractivity contribution in [3.63, 3.8) is 0 Å². The lowest BCUT2D eigenvalue weighted by atomic mass is 9.99. The second-order valence-electron chi connectivity index (χ2n) is 18.7. The summed E-state index contributed by atoms with van der Waals surface area (Å²) < 4.78 is 0. The van der Waals surface area contributed by atoms with Crippen LogP contribution in [0.4, 0.5) is 0 Å². The van der Waals surface area contributed by atoms with E-state index >= 15 is 0 Å². The van der Waals surface area contributed by atoms with Gasteiger partial charge in [-0.3, -0.25) is 47.9 Å². The van der Waals surface area contributed by atoms with Crippen molar-refractivity contribution < 1.29 is 52.7 Å². The third-order valence-electron chi connectivity index (χ3n) is 11.7. The summed E-state index contributed by atoms with van der Waals surface area (Å²) >= 11 is 1.53. The average molecular weight is 1030 g/mol. The van der Waals surface area contributed by atoms with Gasteiger partial charge in [-0.15, -0.1) is 0 Å². The van der Waals surface area contributed by atoms with E-state index in [1.807, 2.05) is 20.1 Å². The smallest absolute Gasteiger partial charge is 0.245 e. The van der Waals surface area contributed by atoms with E-state index in [1.165, 1.54) is 30.5 Å². The normalized spacial score (nSPS) is 16.7. The van der Waals surface area contributed by atoms with Crippen LogP contribution in [0, 0.1) is 11.8 Å². The van der Waals surface area contributed by atoms with Gasteiger partial charge < -0.3 is 75.2 Å². The zero-order valence-corrected chi connectivity index (χ0v) is 43.4. The molecule has 0 aromatic heterocycles. The van der Waals surface area contributed by atoms with Crippen LogP contribution in [-0.4, -0.2) is 163 Å². The third kappa shape index (κ3) is 24.0. The third-order valence-corrected chi connectivity index (χ3v) is 12.3. The van der Waals surface area contributed by atoms with Crippen molar-refractivity contribution in [2.24, 2.45) is 34.8 Å². The molecular weight excluding hydrogens is 943 g/mol. The van der Waals surface area contributed by atoms with E-state index in [0.717, 1.165) is 0 Å². The number of amides is 10. The van der Waals surface area contributed by atoms with Gasteiger partial charge in [0.15, 0.2) is 0 Å². The van der Waals surface area contributed by atoms with Crippen LogP contribution in [0.5, 0.6) is 0 Å². The van der Waals surface area contributed by atoms with Crippen LogP contribution in [0.15, 0.2) is 0 Å². The van der Waals surface area contributed by atoms with E-state index in [1.54, 1.807) is 13.8 Å². The van der Waals surface area contributed by atoms with Crippen molar-refractivity contribution in [3.8, 4) is 0 Å². The molecule has 0 aromatic rings. The summed E-state index contributed by atoms with van der Waals surface area (Å²) in [6, 6.07) is -9.55. The number of nitrogens with two attached hydrogens (primary N) is 4. The number of aldehydes is 1. The van der Waals surface area contributed by atoms with Crippen LogP contribution in [0.3, 0.4) is 0 Å². The molecule has 25 heteroatoms. The molecule has 0 aliphatic carbocycles. The molecule has 16 N–H and O–H groups in total. The Balaban J connectivity index is 3.06. The molecule has 1 aliphatic heterocycles. The van der Waals surface area contributed by atoms with Crippen LogP contribution >= 0.6 is 11.8 Å². The lowest BCUT2D eigenvalue weighted by Crippen LogP contribution is -2.60. The zero-order chi connectivity index (χ0) is 53.8. The maximum absolute atomic E-state index is 14.1. The largest absolute Gasteiger partial charge is 0.370 e. The highest BCUT2D eigenvalue weighted by molar-refractivity contribution is 7.98. The number of rotatable bonds is 35. The van der Waals surface area contributed by atoms with Crippen LogP contribution in [-0.2, 0) is 52.7 Å². The number of hydrogen-bond donors (Lipinski definition) is 12. The number of carbonyl (C=O) groups is 11. The quantitative estimate of drug-likeness (QED) is 0.0223. The van der Waals surface area contributed by atoms with Crippen molar-refractivity contribution in [1.29, 1.82) is 0 Å². The van der Waals surface area contributed by atoms with Gasteiger partial charge in [-0.05, 0) is 121 Å². The van der Waals surface area contributed by atoms with Crippen LogP contribution in [0.25, 0.3) is 0 Å². The summed E-state index contributed by atoms with van der Waals surface area (Å²) in [5.74, 6) is -6.41. The molecule has 0 bridgehead atoms. The van der Waals surface area contributed by atoms with E-state index in [0.29, 0.717) is 63.7 Å². The fourth-order valence-electron chi connectivity index (χ4n) is 7.52. The Morgan fingerprint density at radius 3 is 1.82 bits per heavy atom. The molecule has 1 rings (SSSR count). The number of hydrogen-bond acceptors (Lipinski definition) is 15. The van der Waals surface area contributed by atoms with Gasteiger partial charge in [-0.25, -0.2) is 0 Å². The molecule has 0 radical (unpaired) electrons. The molecule has 1 saturated heterocycles. The van der Waals surface area contributed by atoms with Crippen molar-refractivity contribution in [3.05, 3.63) is 0 Å². The highest BCUT2D eigenvalue weighted by Crippen LogP contribution is 2.20. The molecule has 0 spiro atoms. The van der Waals surface area contributed by atoms with Gasteiger partial charge in [-0.1, -0.05) is 27.7 Å². The molecule has 9 unspecified atom stereocenters. The molecule has 24 nitrogen and oxygen atoms in total. The Labute approximate surface area is 422 Å². The van der Waals surface area contributed by atoms with E-state index in [2.05, 4.69) is 42.5 Å². The van der Waals surface area contributed by atoms with Crippen molar-refractivity contribution in [2.45, 2.75) is 173 Å². The SMILES string of the molecule is CSCCC(N)C(=O)NC(CCCCN)C(=O)NCC(=O)NC(CCCCN)C(=O)N1CCCC1C(=O)NC(C)C(=O)NC(C(=O)NC(CC(C)C)C(=O)NC(C)C(=O)NC(C=O)CCC(N)=O)C(C)C. The minimum absolute atomic E-state index is 0.0261. The van der Waals surface area contributed by atoms with Gasteiger partial charge in [0.1, 0.15) is 48.6 Å². The summed E-state index contributed by atoms with van der Waals surface area (Å²) in [5.41, 5.74) is 22.5. The van der Waals surface area contributed by atoms with E-state index in [4.69, 9.17) is 22.9 Å². The first-order chi connectivity index (χ1) is 33.5. The number of unbranched alkanes of at least 4 members (excludes halogenated alkanes) is 2. The standard InChI is InChI=1S/C46H83N13O11S/c1-26(2)23-34(43(67)52-28(5)39(63)54-30(25-60)16-17-36(50)61)57-45(69)38(27(3)4)58-40(64)29(6)53-44(68)35-15-12-21-59(35)46(70)33(14-9-11-20-48)55-37(62)24-51-42(66)32(13-8-10-19-47)56-41(65)31(49)18-22-71-7/h25-35,38H,8-24,47-49H2,1-7H3,(H2,50,61)(H,51,66)(H,52,67)(H,53,68)(H,54,63)(H,55,62)(H,56,65)(H,57,69)(H,58,64). The van der Waals surface area contributed by atoms with Crippen LogP contribution in [0.2, 0.25) is 0 Å². The number of carbonyl (C=O) groups excluding carboxylic acids is 11. The van der Waals surface area contributed by atoms with Crippen LogP contribution < -0.4 is 65.5 Å². The minimum Gasteiger partial charge on any atom is -0.370 e. The van der Waals surface area contributed by atoms with Gasteiger partial charge in [0.25, 0.3) is 0 Å². The van der Waals surface area contributed by atoms with Gasteiger partial charge >= 0.3 is 0 Å². The number of nitrogens with one attached hydrogen (secondary N) is 8. The summed E-state index contributed by atoms with van der Waals surface area (Å²) in [6.07, 6.45) is 6.02. The molecule has 0 saturated carbocycles. The second kappa shape index (κ2) is 34.1. The molecule has 404 valence electrons. The molecule has 1 fully saturated rings. The van der Waals surface area contributed by atoms with E-state index in [9.17, 15) is 52.7 Å². The fraction of sp³-hybridized carbons (Fsp3) is 0.761. The monoisotopic (exact) mass is 1030 g/mol. The summed E-state index contributed by atoms with van der Waals surface area (Å²) in [4.78, 5) is 145. The highest BCUT2D eigenvalue weighted by atomic mass is 32.2. The molecule has 9 atom stereocenters. The molecule has 71 heavy (non-hydrogen) atoms. The Kier molecular flexibility index (Phi) is 30.5. The van der Waals surface area contributed by atoms with Gasteiger partial charge in [0, 0.05) is 13.0 Å². The minimum atomic E-state index is -1.19. The van der Waals surface area contributed by atoms with Gasteiger partial charge in [0.2, 0.25) is 59.1 Å². The Hall–Kier alpha value is -5.40. The Morgan fingerprint density at radius 1 is 0.662 bits per heavy atom. The van der Waals surface area contributed by atoms with E-state index < -0.39 is 126 Å². The molecule has 1 heterocycles. The first-order valence-electron chi connectivity index (χ1n) is 24.6. The van der Waals surface area contributed by atoms with Crippen molar-refractivity contribution in [2.75, 3.05) is 38.2 Å². The van der Waals surface area contributed by atoms with Crippen molar-refractivity contribution in [1.82, 2.24) is 47.4 Å². The molecule has 1 aliphatic rings. The fourth-order valence-corrected chi connectivity index (χ4v) is 8.01. The molecule has 0 aromatic carbocycles. The van der Waals surface area contributed by atoms with Gasteiger partial charge in [0.05, 0.1) is 18.6 Å². The first-order valence-corrected chi connectivity index (χ1v) is 26.0. The average Bonchev–Trinajstić information content (AvgIpc) is 3.82. The van der Waals surface area contributed by atoms with Gasteiger partial charge in [-0.2, -0.15) is 11.8 Å². The first kappa shape index (κ1) is 63.6. The number of thioether (sulfide) groups is 1. The topological polar surface area (TPSA) is 391 Å². The Morgan fingerprint density at radius 2 is 1.25 bits per heavy atom. The molecule has 10 amide bonds. The van der Waals surface area contributed by atoms with Crippen molar-refractivity contribution >= 4 is 77.1 Å². The second-order valence-corrected chi connectivity index (χ2v) is 19.7. The maximum atomic E-state index is 14.1. The molecular formula is C46H83N13O11S. The summed E-state index contributed by atoms with van der Waals surface area (Å²) in [6.45, 7) is 10.2.